The van der Waals surface area contributed by atoms with Crippen LogP contribution in [0.25, 0.3) is 0 Å². The van der Waals surface area contributed by atoms with Gasteiger partial charge in [-0.25, -0.2) is 8.42 Å². The van der Waals surface area contributed by atoms with Crippen molar-refractivity contribution in [2.45, 2.75) is 25.1 Å². The number of benzene rings is 1. The third kappa shape index (κ3) is 6.23. The van der Waals surface area contributed by atoms with Crippen LogP contribution >= 0.6 is 24.0 Å². The van der Waals surface area contributed by atoms with E-state index in [0.29, 0.717) is 31.3 Å². The van der Waals surface area contributed by atoms with E-state index in [1.165, 1.54) is 0 Å². The summed E-state index contributed by atoms with van der Waals surface area (Å²) >= 11 is 0. The van der Waals surface area contributed by atoms with Gasteiger partial charge < -0.3 is 20.7 Å². The molecule has 0 radical (unpaired) electrons. The van der Waals surface area contributed by atoms with E-state index < -0.39 is 20.5 Å². The van der Waals surface area contributed by atoms with Gasteiger partial charge in [0.15, 0.2) is 22.4 Å². The molecule has 0 saturated carbocycles. The summed E-state index contributed by atoms with van der Waals surface area (Å²) in [5, 5.41) is 3.25. The number of ether oxygens (including phenoxy) is 1. The first-order valence-corrected chi connectivity index (χ1v) is 9.98. The zero-order chi connectivity index (χ0) is 19.4. The fraction of sp³-hybridized carbons (Fsp3) is 0.529. The molecule has 10 heteroatoms. The van der Waals surface area contributed by atoms with Crippen molar-refractivity contribution in [1.82, 2.24) is 10.2 Å². The number of carbonyl (C=O) groups excluding carboxylic acids is 1. The summed E-state index contributed by atoms with van der Waals surface area (Å²) in [6, 6.07) is 7.31. The fourth-order valence-electron chi connectivity index (χ4n) is 2.74. The molecule has 1 saturated heterocycles. The molecule has 1 heterocycles. The highest BCUT2D eigenvalue weighted by atomic mass is 127. The molecule has 0 bridgehead atoms. The lowest BCUT2D eigenvalue weighted by molar-refractivity contribution is -0.119. The second-order valence-electron chi connectivity index (χ2n) is 6.80. The molecule has 2 rings (SSSR count). The number of nitrogens with two attached hydrogens (primary N) is 1. The molecule has 27 heavy (non-hydrogen) atoms. The first-order valence-electron chi connectivity index (χ1n) is 8.32. The predicted octanol–water partition coefficient (Wildman–Crippen LogP) is 0.753. The molecule has 1 aliphatic rings. The van der Waals surface area contributed by atoms with Crippen LogP contribution in [-0.4, -0.2) is 62.4 Å². The Morgan fingerprint density at radius 3 is 2.70 bits per heavy atom. The minimum Gasteiger partial charge on any atom is -0.484 e. The van der Waals surface area contributed by atoms with Crippen LogP contribution in [0.4, 0.5) is 0 Å². The Morgan fingerprint density at radius 2 is 2.11 bits per heavy atom. The van der Waals surface area contributed by atoms with Gasteiger partial charge in [0.2, 0.25) is 0 Å². The van der Waals surface area contributed by atoms with Crippen LogP contribution < -0.4 is 15.8 Å². The average molecular weight is 510 g/mol. The minimum atomic E-state index is -3.10. The highest BCUT2D eigenvalue weighted by molar-refractivity contribution is 14.0. The van der Waals surface area contributed by atoms with E-state index in [1.54, 1.807) is 27.0 Å². The molecule has 8 nitrogen and oxygen atoms in total. The lowest BCUT2D eigenvalue weighted by Gasteiger charge is -2.39. The van der Waals surface area contributed by atoms with E-state index >= 15 is 0 Å². The van der Waals surface area contributed by atoms with Crippen LogP contribution in [0.2, 0.25) is 0 Å². The SMILES string of the molecule is CN=C(NCc1cccc(OCC(N)=O)c1)N1CCS(=O)(=O)C(C)(C)C1.I. The number of halogens is 1. The number of aliphatic imine (C=N–C) groups is 1. The van der Waals surface area contributed by atoms with Crippen molar-refractivity contribution >= 4 is 45.7 Å². The molecule has 0 unspecified atom stereocenters. The van der Waals surface area contributed by atoms with Crippen LogP contribution in [0, 0.1) is 0 Å². The van der Waals surface area contributed by atoms with Crippen molar-refractivity contribution in [2.24, 2.45) is 10.7 Å². The number of guanidine groups is 1. The van der Waals surface area contributed by atoms with E-state index in [1.807, 2.05) is 23.1 Å². The molecular formula is C17H27IN4O4S. The zero-order valence-electron chi connectivity index (χ0n) is 15.8. The molecule has 1 fully saturated rings. The number of rotatable bonds is 5. The Hall–Kier alpha value is -1.56. The molecule has 0 aromatic heterocycles. The second kappa shape index (κ2) is 9.58. The molecule has 1 aromatic rings. The van der Waals surface area contributed by atoms with Gasteiger partial charge in [-0.2, -0.15) is 0 Å². The summed E-state index contributed by atoms with van der Waals surface area (Å²) in [6.45, 7) is 4.59. The number of nitrogens with one attached hydrogen (secondary N) is 1. The third-order valence-electron chi connectivity index (χ3n) is 4.28. The molecule has 0 aliphatic carbocycles. The molecule has 152 valence electrons. The van der Waals surface area contributed by atoms with Crippen LogP contribution in [0.5, 0.6) is 5.75 Å². The maximum Gasteiger partial charge on any atom is 0.255 e. The Kier molecular flexibility index (Phi) is 8.33. The summed E-state index contributed by atoms with van der Waals surface area (Å²) in [4.78, 5) is 17.0. The van der Waals surface area contributed by atoms with Gasteiger partial charge >= 0.3 is 0 Å². The standard InChI is InChI=1S/C17H26N4O4S.HI/c1-17(2)12-21(7-8-26(17,23)24)16(19-3)20-10-13-5-4-6-14(9-13)25-11-15(18)22;/h4-6,9H,7-8,10-12H2,1-3H3,(H2,18,22)(H,19,20);1H. The molecule has 0 spiro atoms. The van der Waals surface area contributed by atoms with Crippen LogP contribution in [0.15, 0.2) is 29.3 Å². The van der Waals surface area contributed by atoms with Gasteiger partial charge in [-0.15, -0.1) is 24.0 Å². The number of primary amides is 1. The monoisotopic (exact) mass is 510 g/mol. The van der Waals surface area contributed by atoms with Crippen molar-refractivity contribution < 1.29 is 17.9 Å². The summed E-state index contributed by atoms with van der Waals surface area (Å²) in [6.07, 6.45) is 0. The van der Waals surface area contributed by atoms with Crippen molar-refractivity contribution in [3.63, 3.8) is 0 Å². The Bertz CT molecular complexity index is 796. The molecule has 3 N–H and O–H groups in total. The van der Waals surface area contributed by atoms with Crippen LogP contribution in [-0.2, 0) is 21.2 Å². The third-order valence-corrected chi connectivity index (χ3v) is 6.82. The fourth-order valence-corrected chi connectivity index (χ4v) is 4.10. The Labute approximate surface area is 177 Å². The van der Waals surface area contributed by atoms with Crippen LogP contribution in [0.1, 0.15) is 19.4 Å². The van der Waals surface area contributed by atoms with Crippen molar-refractivity contribution in [2.75, 3.05) is 32.5 Å². The highest BCUT2D eigenvalue weighted by Gasteiger charge is 2.40. The lowest BCUT2D eigenvalue weighted by atomic mass is 10.2. The van der Waals surface area contributed by atoms with E-state index in [-0.39, 0.29) is 36.3 Å². The molecule has 1 amide bonds. The van der Waals surface area contributed by atoms with E-state index in [9.17, 15) is 13.2 Å². The van der Waals surface area contributed by atoms with Gasteiger partial charge in [0.25, 0.3) is 5.91 Å². The number of carbonyl (C=O) groups is 1. The molecule has 1 aliphatic heterocycles. The number of hydrogen-bond donors (Lipinski definition) is 2. The van der Waals surface area contributed by atoms with Gasteiger partial charge in [0.05, 0.1) is 10.5 Å². The summed E-state index contributed by atoms with van der Waals surface area (Å²) in [7, 11) is -1.43. The van der Waals surface area contributed by atoms with Crippen LogP contribution in [0.3, 0.4) is 0 Å². The number of nitrogens with zero attached hydrogens (tertiary/aromatic N) is 2. The van der Waals surface area contributed by atoms with Gasteiger partial charge in [-0.1, -0.05) is 12.1 Å². The van der Waals surface area contributed by atoms with E-state index in [2.05, 4.69) is 10.3 Å². The molecule has 1 aromatic carbocycles. The van der Waals surface area contributed by atoms with Gasteiger partial charge in [-0.05, 0) is 31.5 Å². The highest BCUT2D eigenvalue weighted by Crippen LogP contribution is 2.23. The number of hydrogen-bond acceptors (Lipinski definition) is 5. The van der Waals surface area contributed by atoms with Crippen molar-refractivity contribution in [3.8, 4) is 5.75 Å². The first kappa shape index (κ1) is 23.5. The molecule has 0 atom stereocenters. The summed E-state index contributed by atoms with van der Waals surface area (Å²) in [5.41, 5.74) is 6.02. The van der Waals surface area contributed by atoms with Crippen molar-refractivity contribution in [1.29, 1.82) is 0 Å². The average Bonchev–Trinajstić information content (AvgIpc) is 2.57. The topological polar surface area (TPSA) is 114 Å². The smallest absolute Gasteiger partial charge is 0.255 e. The van der Waals surface area contributed by atoms with Gasteiger partial charge in [0.1, 0.15) is 5.75 Å². The number of amides is 1. The minimum absolute atomic E-state index is 0. The first-order chi connectivity index (χ1) is 12.1. The molecular weight excluding hydrogens is 483 g/mol. The normalized spacial score (nSPS) is 18.3. The second-order valence-corrected chi connectivity index (χ2v) is 9.55. The Balaban J connectivity index is 0.00000364. The zero-order valence-corrected chi connectivity index (χ0v) is 18.9. The Morgan fingerprint density at radius 1 is 1.41 bits per heavy atom. The number of sulfone groups is 1. The summed E-state index contributed by atoms with van der Waals surface area (Å²) < 4.78 is 28.8. The maximum atomic E-state index is 12.2. The lowest BCUT2D eigenvalue weighted by Crippen LogP contribution is -2.57. The predicted molar refractivity (Wildman–Crippen MR) is 116 cm³/mol. The summed E-state index contributed by atoms with van der Waals surface area (Å²) in [5.74, 6) is 0.785. The van der Waals surface area contributed by atoms with Gasteiger partial charge in [0, 0.05) is 26.7 Å². The van der Waals surface area contributed by atoms with E-state index in [4.69, 9.17) is 10.5 Å². The maximum absolute atomic E-state index is 12.2. The van der Waals surface area contributed by atoms with Crippen molar-refractivity contribution in [3.05, 3.63) is 29.8 Å². The van der Waals surface area contributed by atoms with Gasteiger partial charge in [-0.3, -0.25) is 9.79 Å². The quantitative estimate of drug-likeness (QED) is 0.344. The largest absolute Gasteiger partial charge is 0.484 e. The van der Waals surface area contributed by atoms with E-state index in [0.717, 1.165) is 5.56 Å².